The fourth-order valence-electron chi connectivity index (χ4n) is 1.17. The number of carbonyl (C=O) groups is 2. The molecule has 1 N–H and O–H groups in total. The maximum Gasteiger partial charge on any atom is 0.339 e. The Kier molecular flexibility index (Phi) is 3.13. The predicted octanol–water partition coefficient (Wildman–Crippen LogP) is -0.214. The molecule has 0 aromatic carbocycles. The van der Waals surface area contributed by atoms with E-state index in [0.29, 0.717) is 0 Å². The van der Waals surface area contributed by atoms with Crippen molar-refractivity contribution in [3.8, 4) is 0 Å². The topological polar surface area (TPSA) is 106 Å². The molecule has 0 bridgehead atoms. The molecule has 0 aliphatic rings. The first kappa shape index (κ1) is 12.4. The number of hydrogen-bond donors (Lipinski definition) is 1. The fourth-order valence-corrected chi connectivity index (χ4v) is 1.74. The lowest BCUT2D eigenvalue weighted by molar-refractivity contribution is 0.0693. The van der Waals surface area contributed by atoms with Crippen LogP contribution in [0.2, 0.25) is 0 Å². The maximum atomic E-state index is 11.5. The lowest BCUT2D eigenvalue weighted by Crippen LogP contribution is -2.20. The monoisotopic (exact) mass is 246 g/mol. The number of carbonyl (C=O) groups excluding carboxylic acids is 1. The summed E-state index contributed by atoms with van der Waals surface area (Å²) in [4.78, 5) is 22.3. The Labute approximate surface area is 91.6 Å². The number of hydrogen-bond acceptors (Lipinski definition) is 5. The molecule has 8 heteroatoms. The minimum Gasteiger partial charge on any atom is -0.478 e. The molecule has 0 saturated heterocycles. The number of rotatable bonds is 3. The zero-order valence-corrected chi connectivity index (χ0v) is 9.48. The molecule has 0 saturated carbocycles. The number of nitrogens with zero attached hydrogens (tertiary/aromatic N) is 2. The van der Waals surface area contributed by atoms with Gasteiger partial charge in [-0.1, -0.05) is 0 Å². The molecule has 0 unspecified atom stereocenters. The van der Waals surface area contributed by atoms with Crippen molar-refractivity contribution in [2.45, 2.75) is 13.5 Å². The summed E-state index contributed by atoms with van der Waals surface area (Å²) in [6.45, 7) is 1.83. The Morgan fingerprint density at radius 3 is 2.44 bits per heavy atom. The third kappa shape index (κ3) is 2.11. The van der Waals surface area contributed by atoms with Gasteiger partial charge in [-0.05, 0) is 6.92 Å². The van der Waals surface area contributed by atoms with E-state index < -0.39 is 32.2 Å². The molecule has 0 spiro atoms. The van der Waals surface area contributed by atoms with E-state index >= 15 is 0 Å². The van der Waals surface area contributed by atoms with E-state index in [0.717, 1.165) is 17.1 Å². The molecule has 0 amide bonds. The molecule has 0 atom stereocenters. The third-order valence-electron chi connectivity index (χ3n) is 1.90. The van der Waals surface area contributed by atoms with Crippen molar-refractivity contribution in [1.29, 1.82) is 0 Å². The number of carboxylic acids is 1. The molecule has 1 aromatic rings. The normalized spacial score (nSPS) is 11.4. The van der Waals surface area contributed by atoms with E-state index in [2.05, 4.69) is 5.10 Å². The van der Waals surface area contributed by atoms with Gasteiger partial charge in [0.2, 0.25) is 9.84 Å². The molecule has 1 rings (SSSR count). The largest absolute Gasteiger partial charge is 0.478 e. The third-order valence-corrected chi connectivity index (χ3v) is 2.77. The van der Waals surface area contributed by atoms with E-state index in [4.69, 9.17) is 5.11 Å². The van der Waals surface area contributed by atoms with Gasteiger partial charge in [-0.25, -0.2) is 13.2 Å². The van der Waals surface area contributed by atoms with Crippen LogP contribution in [0, 0.1) is 0 Å². The Bertz CT molecular complexity index is 543. The molecule has 7 nitrogen and oxygen atoms in total. The first-order chi connectivity index (χ1) is 7.29. The van der Waals surface area contributed by atoms with Gasteiger partial charge in [-0.2, -0.15) is 5.10 Å². The fraction of sp³-hybridized carbons (Fsp3) is 0.375. The number of aromatic carboxylic acids is 1. The zero-order chi connectivity index (χ0) is 12.5. The van der Waals surface area contributed by atoms with E-state index in [1.165, 1.54) is 0 Å². The number of carboxylic acid groups (broad SMARTS) is 1. The van der Waals surface area contributed by atoms with Crippen LogP contribution in [0.4, 0.5) is 0 Å². The predicted molar refractivity (Wildman–Crippen MR) is 54.0 cm³/mol. The molecule has 0 aliphatic heterocycles. The molecule has 16 heavy (non-hydrogen) atoms. The molecular weight excluding hydrogens is 236 g/mol. The van der Waals surface area contributed by atoms with Crippen LogP contribution in [0.15, 0.2) is 6.20 Å². The first-order valence-corrected chi connectivity index (χ1v) is 6.21. The molecule has 1 aromatic heterocycles. The standard InChI is InChI=1S/C8H10N2O5S/c1-3-10-6(8(13)16(2,14)15)5(4-9-10)7(11)12/h4H,3H2,1-2H3,(H,11,12). The summed E-state index contributed by atoms with van der Waals surface area (Å²) in [5.41, 5.74) is -0.810. The smallest absolute Gasteiger partial charge is 0.339 e. The molecule has 0 radical (unpaired) electrons. The molecule has 0 fully saturated rings. The Morgan fingerprint density at radius 1 is 1.50 bits per heavy atom. The van der Waals surface area contributed by atoms with Crippen molar-refractivity contribution < 1.29 is 23.1 Å². The van der Waals surface area contributed by atoms with Crippen molar-refractivity contribution in [2.24, 2.45) is 0 Å². The van der Waals surface area contributed by atoms with E-state index in [9.17, 15) is 18.0 Å². The number of aryl methyl sites for hydroxylation is 1. The van der Waals surface area contributed by atoms with Gasteiger partial charge < -0.3 is 5.11 Å². The second-order valence-electron chi connectivity index (χ2n) is 3.09. The summed E-state index contributed by atoms with van der Waals surface area (Å²) in [5.74, 6) is -1.38. The van der Waals surface area contributed by atoms with Crippen molar-refractivity contribution in [1.82, 2.24) is 9.78 Å². The van der Waals surface area contributed by atoms with Crippen molar-refractivity contribution in [3.63, 3.8) is 0 Å². The van der Waals surface area contributed by atoms with E-state index in [1.54, 1.807) is 6.92 Å². The number of sulfone groups is 1. The second-order valence-corrected chi connectivity index (χ2v) is 5.00. The van der Waals surface area contributed by atoms with Crippen LogP contribution in [0.1, 0.15) is 27.8 Å². The van der Waals surface area contributed by atoms with Gasteiger partial charge in [-0.3, -0.25) is 9.48 Å². The molecule has 88 valence electrons. The van der Waals surface area contributed by atoms with Gasteiger partial charge in [0.25, 0.3) is 5.12 Å². The lowest BCUT2D eigenvalue weighted by Gasteiger charge is -2.03. The molecule has 0 aliphatic carbocycles. The van der Waals surface area contributed by atoms with Crippen LogP contribution in [0.5, 0.6) is 0 Å². The van der Waals surface area contributed by atoms with Gasteiger partial charge in [0.1, 0.15) is 11.3 Å². The average molecular weight is 246 g/mol. The summed E-state index contributed by atoms with van der Waals surface area (Å²) in [6, 6.07) is 0. The highest BCUT2D eigenvalue weighted by Gasteiger charge is 2.28. The zero-order valence-electron chi connectivity index (χ0n) is 8.67. The average Bonchev–Trinajstić information content (AvgIpc) is 2.57. The van der Waals surface area contributed by atoms with Crippen molar-refractivity contribution in [2.75, 3.05) is 6.26 Å². The summed E-state index contributed by atoms with van der Waals surface area (Å²) < 4.78 is 23.2. The van der Waals surface area contributed by atoms with Gasteiger partial charge in [0.15, 0.2) is 0 Å². The van der Waals surface area contributed by atoms with Crippen LogP contribution in [-0.4, -0.2) is 40.6 Å². The van der Waals surface area contributed by atoms with E-state index in [-0.39, 0.29) is 6.54 Å². The maximum absolute atomic E-state index is 11.5. The van der Waals surface area contributed by atoms with Crippen LogP contribution < -0.4 is 0 Å². The second kappa shape index (κ2) is 4.05. The highest BCUT2D eigenvalue weighted by Crippen LogP contribution is 2.12. The van der Waals surface area contributed by atoms with Gasteiger partial charge in [0.05, 0.1) is 6.20 Å². The number of aromatic nitrogens is 2. The summed E-state index contributed by atoms with van der Waals surface area (Å²) in [6.07, 6.45) is 1.69. The van der Waals surface area contributed by atoms with Crippen molar-refractivity contribution in [3.05, 3.63) is 17.5 Å². The van der Waals surface area contributed by atoms with Crippen LogP contribution >= 0.6 is 0 Å². The quantitative estimate of drug-likeness (QED) is 0.790. The summed E-state index contributed by atoms with van der Waals surface area (Å²) in [5, 5.41) is 11.2. The van der Waals surface area contributed by atoms with E-state index in [1.807, 2.05) is 0 Å². The minimum atomic E-state index is -3.98. The highest BCUT2D eigenvalue weighted by atomic mass is 32.2. The van der Waals surface area contributed by atoms with Crippen LogP contribution in [0.3, 0.4) is 0 Å². The summed E-state index contributed by atoms with van der Waals surface area (Å²) in [7, 11) is -3.98. The molecular formula is C8H10N2O5S. The highest BCUT2D eigenvalue weighted by molar-refractivity contribution is 8.06. The Balaban J connectivity index is 3.46. The Hall–Kier alpha value is -1.70. The SMILES string of the molecule is CCn1ncc(C(=O)O)c1C(=O)S(C)(=O)=O. The first-order valence-electron chi connectivity index (χ1n) is 4.32. The van der Waals surface area contributed by atoms with Gasteiger partial charge in [-0.15, -0.1) is 0 Å². The Morgan fingerprint density at radius 2 is 2.06 bits per heavy atom. The van der Waals surface area contributed by atoms with Crippen LogP contribution in [0.25, 0.3) is 0 Å². The van der Waals surface area contributed by atoms with Crippen molar-refractivity contribution >= 4 is 20.9 Å². The van der Waals surface area contributed by atoms with Gasteiger partial charge in [0, 0.05) is 12.8 Å². The molecule has 1 heterocycles. The van der Waals surface area contributed by atoms with Gasteiger partial charge >= 0.3 is 5.97 Å². The van der Waals surface area contributed by atoms with Crippen LogP contribution in [-0.2, 0) is 16.4 Å². The lowest BCUT2D eigenvalue weighted by atomic mass is 10.2. The summed E-state index contributed by atoms with van der Waals surface area (Å²) >= 11 is 0. The minimum absolute atomic E-state index is 0.212.